The highest BCUT2D eigenvalue weighted by molar-refractivity contribution is 6.31. The van der Waals surface area contributed by atoms with E-state index in [0.717, 1.165) is 22.7 Å². The smallest absolute Gasteiger partial charge is 0.139 e. The van der Waals surface area contributed by atoms with Gasteiger partial charge < -0.3 is 5.73 Å². The standard InChI is InChI=1S/C13H13ClN4/c1-18-13(16)10(8-15)12(17-18)7-6-9-4-2-3-5-11(9)14/h2-5H,6-7,16H2,1H3. The molecule has 5 heteroatoms. The van der Waals surface area contributed by atoms with Crippen molar-refractivity contribution in [2.24, 2.45) is 7.05 Å². The maximum atomic E-state index is 9.05. The summed E-state index contributed by atoms with van der Waals surface area (Å²) in [6.07, 6.45) is 1.39. The summed E-state index contributed by atoms with van der Waals surface area (Å²) in [4.78, 5) is 0. The maximum absolute atomic E-state index is 9.05. The number of nitriles is 1. The topological polar surface area (TPSA) is 67.6 Å². The molecule has 0 saturated carbocycles. The lowest BCUT2D eigenvalue weighted by molar-refractivity contribution is 0.745. The third-order valence-electron chi connectivity index (χ3n) is 2.86. The zero-order valence-electron chi connectivity index (χ0n) is 10.0. The van der Waals surface area contributed by atoms with Crippen LogP contribution in [-0.4, -0.2) is 9.78 Å². The number of anilines is 1. The lowest BCUT2D eigenvalue weighted by Gasteiger charge is -2.02. The van der Waals surface area contributed by atoms with Crippen LogP contribution in [-0.2, 0) is 19.9 Å². The van der Waals surface area contributed by atoms with E-state index in [0.29, 0.717) is 17.8 Å². The summed E-state index contributed by atoms with van der Waals surface area (Å²) in [6.45, 7) is 0. The van der Waals surface area contributed by atoms with Crippen molar-refractivity contribution in [3.63, 3.8) is 0 Å². The van der Waals surface area contributed by atoms with Crippen LogP contribution in [0.5, 0.6) is 0 Å². The number of nitrogens with zero attached hydrogens (tertiary/aromatic N) is 3. The zero-order valence-corrected chi connectivity index (χ0v) is 10.8. The van der Waals surface area contributed by atoms with E-state index in [2.05, 4.69) is 11.2 Å². The molecular weight excluding hydrogens is 248 g/mol. The Bertz CT molecular complexity index is 610. The van der Waals surface area contributed by atoms with Crippen LogP contribution in [0.1, 0.15) is 16.8 Å². The molecule has 18 heavy (non-hydrogen) atoms. The van der Waals surface area contributed by atoms with Gasteiger partial charge in [-0.3, -0.25) is 4.68 Å². The first kappa shape index (κ1) is 12.5. The van der Waals surface area contributed by atoms with Crippen molar-refractivity contribution in [2.75, 3.05) is 5.73 Å². The third kappa shape index (κ3) is 2.31. The van der Waals surface area contributed by atoms with Gasteiger partial charge in [-0.1, -0.05) is 29.8 Å². The molecule has 1 aromatic heterocycles. The van der Waals surface area contributed by atoms with E-state index in [1.54, 1.807) is 7.05 Å². The highest BCUT2D eigenvalue weighted by Crippen LogP contribution is 2.20. The van der Waals surface area contributed by atoms with Gasteiger partial charge in [0.05, 0.1) is 5.69 Å². The molecular formula is C13H13ClN4. The lowest BCUT2D eigenvalue weighted by Crippen LogP contribution is -1.98. The van der Waals surface area contributed by atoms with E-state index in [1.165, 1.54) is 4.68 Å². The van der Waals surface area contributed by atoms with Gasteiger partial charge in [0, 0.05) is 12.1 Å². The molecule has 0 aliphatic rings. The largest absolute Gasteiger partial charge is 0.383 e. The van der Waals surface area contributed by atoms with Crippen molar-refractivity contribution in [3.05, 3.63) is 46.1 Å². The Morgan fingerprint density at radius 1 is 1.39 bits per heavy atom. The number of aryl methyl sites for hydroxylation is 3. The summed E-state index contributed by atoms with van der Waals surface area (Å²) in [5, 5.41) is 14.0. The quantitative estimate of drug-likeness (QED) is 0.921. The van der Waals surface area contributed by atoms with Gasteiger partial charge in [-0.05, 0) is 24.5 Å². The highest BCUT2D eigenvalue weighted by Gasteiger charge is 2.13. The molecule has 2 N–H and O–H groups in total. The summed E-state index contributed by atoms with van der Waals surface area (Å²) in [7, 11) is 1.73. The van der Waals surface area contributed by atoms with Crippen molar-refractivity contribution in [1.82, 2.24) is 9.78 Å². The number of hydrogen-bond donors (Lipinski definition) is 1. The van der Waals surface area contributed by atoms with Crippen molar-refractivity contribution < 1.29 is 0 Å². The minimum Gasteiger partial charge on any atom is -0.383 e. The molecule has 2 rings (SSSR count). The first-order valence-corrected chi connectivity index (χ1v) is 5.96. The van der Waals surface area contributed by atoms with Crippen LogP contribution in [0.15, 0.2) is 24.3 Å². The number of nitrogens with two attached hydrogens (primary N) is 1. The molecule has 4 nitrogen and oxygen atoms in total. The number of halogens is 1. The van der Waals surface area contributed by atoms with Crippen LogP contribution < -0.4 is 5.73 Å². The Morgan fingerprint density at radius 2 is 2.11 bits per heavy atom. The van der Waals surface area contributed by atoms with Crippen LogP contribution in [0.25, 0.3) is 0 Å². The van der Waals surface area contributed by atoms with E-state index in [9.17, 15) is 0 Å². The van der Waals surface area contributed by atoms with E-state index < -0.39 is 0 Å². The fourth-order valence-electron chi connectivity index (χ4n) is 1.85. The Morgan fingerprint density at radius 3 is 2.78 bits per heavy atom. The predicted molar refractivity (Wildman–Crippen MR) is 71.2 cm³/mol. The average Bonchev–Trinajstić information content (AvgIpc) is 2.64. The summed E-state index contributed by atoms with van der Waals surface area (Å²) < 4.78 is 1.53. The van der Waals surface area contributed by atoms with Gasteiger partial charge in [0.15, 0.2) is 0 Å². The van der Waals surface area contributed by atoms with Crippen LogP contribution in [0.4, 0.5) is 5.82 Å². The van der Waals surface area contributed by atoms with Crippen molar-refractivity contribution >= 4 is 17.4 Å². The number of hydrogen-bond acceptors (Lipinski definition) is 3. The van der Waals surface area contributed by atoms with E-state index in [-0.39, 0.29) is 0 Å². The maximum Gasteiger partial charge on any atom is 0.139 e. The zero-order chi connectivity index (χ0) is 13.1. The molecule has 0 atom stereocenters. The Kier molecular flexibility index (Phi) is 3.54. The van der Waals surface area contributed by atoms with Crippen molar-refractivity contribution in [3.8, 4) is 6.07 Å². The molecule has 0 aliphatic heterocycles. The number of rotatable bonds is 3. The average molecular weight is 261 g/mol. The van der Waals surface area contributed by atoms with E-state index in [1.807, 2.05) is 24.3 Å². The molecule has 0 spiro atoms. The van der Waals surface area contributed by atoms with Crippen LogP contribution in [0, 0.1) is 11.3 Å². The number of aromatic nitrogens is 2. The minimum atomic E-state index is 0.409. The van der Waals surface area contributed by atoms with Gasteiger partial charge in [0.25, 0.3) is 0 Å². The minimum absolute atomic E-state index is 0.409. The van der Waals surface area contributed by atoms with Crippen LogP contribution >= 0.6 is 11.6 Å². The summed E-state index contributed by atoms with van der Waals surface area (Å²) in [6, 6.07) is 9.76. The molecule has 0 bridgehead atoms. The van der Waals surface area contributed by atoms with Gasteiger partial charge in [0.2, 0.25) is 0 Å². The number of benzene rings is 1. The molecule has 2 aromatic rings. The molecule has 1 heterocycles. The van der Waals surface area contributed by atoms with E-state index >= 15 is 0 Å². The second-order valence-corrected chi connectivity index (χ2v) is 4.44. The van der Waals surface area contributed by atoms with E-state index in [4.69, 9.17) is 22.6 Å². The number of nitrogen functional groups attached to an aromatic ring is 1. The monoisotopic (exact) mass is 260 g/mol. The summed E-state index contributed by atoms with van der Waals surface area (Å²) >= 11 is 6.09. The fourth-order valence-corrected chi connectivity index (χ4v) is 2.08. The normalized spacial score (nSPS) is 10.3. The Hall–Kier alpha value is -1.99. The molecule has 92 valence electrons. The van der Waals surface area contributed by atoms with Gasteiger partial charge in [0.1, 0.15) is 17.5 Å². The van der Waals surface area contributed by atoms with Crippen LogP contribution in [0.3, 0.4) is 0 Å². The molecule has 1 aromatic carbocycles. The van der Waals surface area contributed by atoms with Crippen molar-refractivity contribution in [1.29, 1.82) is 5.26 Å². The second-order valence-electron chi connectivity index (χ2n) is 4.03. The second kappa shape index (κ2) is 5.11. The SMILES string of the molecule is Cn1nc(CCc2ccccc2Cl)c(C#N)c1N. The van der Waals surface area contributed by atoms with Crippen molar-refractivity contribution in [2.45, 2.75) is 12.8 Å². The fraction of sp³-hybridized carbons (Fsp3) is 0.231. The summed E-state index contributed by atoms with van der Waals surface area (Å²) in [5.41, 5.74) is 8.00. The third-order valence-corrected chi connectivity index (χ3v) is 3.23. The van der Waals surface area contributed by atoms with Gasteiger partial charge in [-0.2, -0.15) is 10.4 Å². The molecule has 0 unspecified atom stereocenters. The predicted octanol–water partition coefficient (Wildman–Crippen LogP) is 2.31. The Balaban J connectivity index is 2.19. The van der Waals surface area contributed by atoms with Gasteiger partial charge in [-0.15, -0.1) is 0 Å². The van der Waals surface area contributed by atoms with Gasteiger partial charge >= 0.3 is 0 Å². The highest BCUT2D eigenvalue weighted by atomic mass is 35.5. The molecule has 0 fully saturated rings. The summed E-state index contributed by atoms with van der Waals surface area (Å²) in [5.74, 6) is 0.409. The molecule has 0 aliphatic carbocycles. The molecule has 0 amide bonds. The first-order chi connectivity index (χ1) is 8.63. The molecule has 0 saturated heterocycles. The Labute approximate surface area is 111 Å². The lowest BCUT2D eigenvalue weighted by atomic mass is 10.1. The van der Waals surface area contributed by atoms with Gasteiger partial charge in [-0.25, -0.2) is 0 Å². The van der Waals surface area contributed by atoms with Crippen LogP contribution in [0.2, 0.25) is 5.02 Å². The molecule has 0 radical (unpaired) electrons. The first-order valence-electron chi connectivity index (χ1n) is 5.58.